The van der Waals surface area contributed by atoms with E-state index in [0.717, 1.165) is 32.1 Å². The van der Waals surface area contributed by atoms with Crippen LogP contribution in [0.1, 0.15) is 51.4 Å². The molecule has 0 radical (unpaired) electrons. The van der Waals surface area contributed by atoms with Crippen LogP contribution in [0.3, 0.4) is 0 Å². The van der Waals surface area contributed by atoms with E-state index in [9.17, 15) is 29.3 Å². The number of ether oxygens (including phenoxy) is 1. The number of nitro benzene ring substituents is 1. The van der Waals surface area contributed by atoms with Crippen molar-refractivity contribution >= 4 is 41.1 Å². The smallest absolute Gasteiger partial charge is 0.407 e. The highest BCUT2D eigenvalue weighted by molar-refractivity contribution is 5.98. The number of methoxy groups -OCH3 is 1. The van der Waals surface area contributed by atoms with Gasteiger partial charge in [0.2, 0.25) is 17.7 Å². The van der Waals surface area contributed by atoms with Gasteiger partial charge in [-0.3, -0.25) is 41.0 Å². The van der Waals surface area contributed by atoms with Crippen LogP contribution in [0.4, 0.5) is 16.2 Å². The first kappa shape index (κ1) is 31.8. The number of hydrogen-bond acceptors (Lipinski definition) is 7. The molecule has 15 nitrogen and oxygen atoms in total. The van der Waals surface area contributed by atoms with Crippen LogP contribution in [0.15, 0.2) is 24.3 Å². The van der Waals surface area contributed by atoms with Crippen molar-refractivity contribution in [2.75, 3.05) is 25.5 Å². The molecule has 1 aromatic rings. The molecule has 1 aliphatic carbocycles. The lowest BCUT2D eigenvalue weighted by atomic mass is 9.84. The van der Waals surface area contributed by atoms with E-state index < -0.39 is 47.4 Å². The van der Waals surface area contributed by atoms with E-state index in [-0.39, 0.29) is 24.0 Å². The molecule has 0 aromatic heterocycles. The van der Waals surface area contributed by atoms with Gasteiger partial charge in [-0.2, -0.15) is 0 Å². The van der Waals surface area contributed by atoms with Gasteiger partial charge in [0.1, 0.15) is 12.1 Å². The lowest BCUT2D eigenvalue weighted by Crippen LogP contribution is -2.78. The van der Waals surface area contributed by atoms with E-state index in [0.29, 0.717) is 25.1 Å². The van der Waals surface area contributed by atoms with Crippen LogP contribution in [0, 0.1) is 16.0 Å². The number of benzene rings is 1. The fraction of sp³-hybridized carbons (Fsp3) is 0.560. The third-order valence-electron chi connectivity index (χ3n) is 6.51. The van der Waals surface area contributed by atoms with Gasteiger partial charge in [0.25, 0.3) is 5.69 Å². The van der Waals surface area contributed by atoms with Gasteiger partial charge >= 0.3 is 12.1 Å². The van der Waals surface area contributed by atoms with E-state index in [2.05, 4.69) is 31.0 Å². The molecule has 15 heteroatoms. The first-order chi connectivity index (χ1) is 19.1. The summed E-state index contributed by atoms with van der Waals surface area (Å²) in [7, 11) is 1.20. The number of guanidine groups is 1. The average Bonchev–Trinajstić information content (AvgIpc) is 2.93. The monoisotopic (exact) mass is 563 g/mol. The normalized spacial score (nSPS) is 14.6. The fourth-order valence-electron chi connectivity index (χ4n) is 4.43. The zero-order valence-electron chi connectivity index (χ0n) is 22.6. The Morgan fingerprint density at radius 2 is 1.73 bits per heavy atom. The van der Waals surface area contributed by atoms with Crippen LogP contribution in [0.25, 0.3) is 0 Å². The number of nitrogens with zero attached hydrogens (tertiary/aromatic N) is 1. The lowest BCUT2D eigenvalue weighted by molar-refractivity contribution is -0.459. The number of nitrogens with one attached hydrogen (secondary N) is 5. The van der Waals surface area contributed by atoms with Gasteiger partial charge in [-0.25, -0.2) is 4.79 Å². The molecule has 1 aromatic carbocycles. The van der Waals surface area contributed by atoms with E-state index in [1.807, 2.05) is 0 Å². The molecular formula is C25H39N8O7+. The largest absolute Gasteiger partial charge is 0.453 e. The highest BCUT2D eigenvalue weighted by atomic mass is 16.6. The van der Waals surface area contributed by atoms with Gasteiger partial charge in [0.05, 0.1) is 25.1 Å². The van der Waals surface area contributed by atoms with Crippen molar-refractivity contribution in [3.8, 4) is 0 Å². The summed E-state index contributed by atoms with van der Waals surface area (Å²) in [5.41, 5.74) is 10.9. The minimum atomic E-state index is -0.994. The Balaban J connectivity index is 2.00. The van der Waals surface area contributed by atoms with Gasteiger partial charge < -0.3 is 26.0 Å². The third-order valence-corrected chi connectivity index (χ3v) is 6.51. The Morgan fingerprint density at radius 3 is 2.33 bits per heavy atom. The standard InChI is InChI=1S/C25H38N8O7/c1-40-25(37)32-20(14-16-6-3-2-4-7-16)22(35)29-15-21(34)31-19(8-5-13-28-24(26)27)23(36)30-17-9-11-18(12-10-17)33(38)39/h9-12,16,19-20H,2-8,13-15H2,1H3,(H,29,35)(H,30,36)(H,31,34)(H,32,37)(H4,26,27,28)/p+1. The molecule has 0 heterocycles. The molecule has 2 unspecified atom stereocenters. The summed E-state index contributed by atoms with van der Waals surface area (Å²) in [6.07, 6.45) is 5.49. The molecule has 0 bridgehead atoms. The van der Waals surface area contributed by atoms with Crippen LogP contribution in [-0.4, -0.2) is 67.0 Å². The molecular weight excluding hydrogens is 524 g/mol. The summed E-state index contributed by atoms with van der Waals surface area (Å²) >= 11 is 0. The number of anilines is 1. The molecule has 40 heavy (non-hydrogen) atoms. The topological polar surface area (TPSA) is 235 Å². The number of non-ortho nitro benzene ring substituents is 1. The molecule has 1 fully saturated rings. The van der Waals surface area contributed by atoms with Crippen LogP contribution in [0.5, 0.6) is 0 Å². The molecule has 1 saturated carbocycles. The molecule has 2 rings (SSSR count). The summed E-state index contributed by atoms with van der Waals surface area (Å²) in [6, 6.07) is 3.38. The predicted octanol–water partition coefficient (Wildman–Crippen LogP) is -1.04. The highest BCUT2D eigenvalue weighted by Crippen LogP contribution is 2.27. The molecule has 4 amide bonds. The third kappa shape index (κ3) is 11.5. The molecule has 9 N–H and O–H groups in total. The summed E-state index contributed by atoms with van der Waals surface area (Å²) in [4.78, 5) is 63.3. The van der Waals surface area contributed by atoms with Crippen LogP contribution < -0.4 is 37.7 Å². The summed E-state index contributed by atoms with van der Waals surface area (Å²) in [6.45, 7) is -0.0791. The number of carbonyl (C=O) groups excluding carboxylic acids is 4. The van der Waals surface area contributed by atoms with E-state index in [4.69, 9.17) is 11.5 Å². The maximum Gasteiger partial charge on any atom is 0.407 e. The van der Waals surface area contributed by atoms with Crippen LogP contribution in [-0.2, 0) is 19.1 Å². The second-order valence-electron chi connectivity index (χ2n) is 9.58. The van der Waals surface area contributed by atoms with Gasteiger partial charge in [-0.15, -0.1) is 0 Å². The molecule has 2 atom stereocenters. The van der Waals surface area contributed by atoms with Crippen LogP contribution in [0.2, 0.25) is 0 Å². The molecule has 0 saturated heterocycles. The summed E-state index contributed by atoms with van der Waals surface area (Å²) in [5, 5.41) is 21.2. The molecule has 220 valence electrons. The SMILES string of the molecule is COC(=O)NC(CC1CCCCC1)C(=O)NCC(=O)NC(CCC[NH+]=C(N)N)C(=O)Nc1ccc([N+](=O)[O-])cc1. The van der Waals surface area contributed by atoms with E-state index >= 15 is 0 Å². The fourth-order valence-corrected chi connectivity index (χ4v) is 4.43. The number of carbonyl (C=O) groups is 4. The van der Waals surface area contributed by atoms with Crippen molar-refractivity contribution in [3.63, 3.8) is 0 Å². The minimum absolute atomic E-state index is 0.0157. The summed E-state index contributed by atoms with van der Waals surface area (Å²) < 4.78 is 4.64. The van der Waals surface area contributed by atoms with Crippen molar-refractivity contribution < 1.29 is 33.8 Å². The zero-order chi connectivity index (χ0) is 29.5. The number of rotatable bonds is 14. The highest BCUT2D eigenvalue weighted by Gasteiger charge is 2.27. The first-order valence-corrected chi connectivity index (χ1v) is 13.2. The Morgan fingerprint density at radius 1 is 1.05 bits per heavy atom. The van der Waals surface area contributed by atoms with E-state index in [1.54, 1.807) is 0 Å². The van der Waals surface area contributed by atoms with Gasteiger partial charge in [-0.05, 0) is 37.3 Å². The summed E-state index contributed by atoms with van der Waals surface area (Å²) in [5.74, 6) is -1.42. The van der Waals surface area contributed by atoms with Crippen molar-refractivity contribution in [1.29, 1.82) is 0 Å². The van der Waals surface area contributed by atoms with Crippen LogP contribution >= 0.6 is 0 Å². The molecule has 0 aliphatic heterocycles. The maximum atomic E-state index is 12.9. The molecule has 1 aliphatic rings. The lowest BCUT2D eigenvalue weighted by Gasteiger charge is -2.26. The zero-order valence-corrected chi connectivity index (χ0v) is 22.6. The number of nitrogens with two attached hydrogens (primary N) is 2. The van der Waals surface area contributed by atoms with Crippen molar-refractivity contribution in [2.45, 2.75) is 63.5 Å². The van der Waals surface area contributed by atoms with Gasteiger partial charge in [0, 0.05) is 17.8 Å². The Labute approximate surface area is 232 Å². The first-order valence-electron chi connectivity index (χ1n) is 13.2. The number of amides is 4. The second kappa shape index (κ2) is 16.5. The number of alkyl carbamates (subject to hydrolysis) is 1. The maximum absolute atomic E-state index is 12.9. The Kier molecular flexibility index (Phi) is 13.1. The second-order valence-corrected chi connectivity index (χ2v) is 9.58. The number of hydrogen-bond donors (Lipinski definition) is 7. The Hall–Kier alpha value is -4.43. The van der Waals surface area contributed by atoms with Gasteiger partial charge in [0.15, 0.2) is 0 Å². The molecule has 0 spiro atoms. The number of nitro groups is 1. The van der Waals surface area contributed by atoms with Gasteiger partial charge in [-0.1, -0.05) is 32.1 Å². The van der Waals surface area contributed by atoms with Crippen molar-refractivity contribution in [3.05, 3.63) is 34.4 Å². The van der Waals surface area contributed by atoms with E-state index in [1.165, 1.54) is 31.4 Å². The van der Waals surface area contributed by atoms with Crippen molar-refractivity contribution in [2.24, 2.45) is 17.4 Å². The quantitative estimate of drug-likeness (QED) is 0.0481. The van der Waals surface area contributed by atoms with Crippen molar-refractivity contribution in [1.82, 2.24) is 16.0 Å². The minimum Gasteiger partial charge on any atom is -0.453 e. The Bertz CT molecular complexity index is 1050. The predicted molar refractivity (Wildman–Crippen MR) is 146 cm³/mol. The average molecular weight is 564 g/mol.